The highest BCUT2D eigenvalue weighted by molar-refractivity contribution is 7.90. The summed E-state index contributed by atoms with van der Waals surface area (Å²) in [7, 11) is -3.99. The molecule has 27 heavy (non-hydrogen) atoms. The Morgan fingerprint density at radius 2 is 1.78 bits per heavy atom. The van der Waals surface area contributed by atoms with E-state index in [2.05, 4.69) is 9.97 Å². The summed E-state index contributed by atoms with van der Waals surface area (Å²) < 4.78 is 31.6. The van der Waals surface area contributed by atoms with Gasteiger partial charge in [0.25, 0.3) is 21.5 Å². The third-order valence-electron chi connectivity index (χ3n) is 4.49. The van der Waals surface area contributed by atoms with Crippen LogP contribution >= 0.6 is 0 Å². The number of hydrogen-bond donors (Lipinski definition) is 1. The van der Waals surface area contributed by atoms with Crippen molar-refractivity contribution in [2.24, 2.45) is 0 Å². The second-order valence-corrected chi connectivity index (χ2v) is 7.93. The van der Waals surface area contributed by atoms with Crippen LogP contribution in [0.1, 0.15) is 16.2 Å². The number of amides is 1. The first kappa shape index (κ1) is 15.8. The molecule has 0 saturated carbocycles. The normalized spacial score (nSPS) is 15.6. The van der Waals surface area contributed by atoms with Gasteiger partial charge < -0.3 is 9.40 Å². The number of nitrogens with one attached hydrogen (secondary N) is 1. The maximum absolute atomic E-state index is 12.7. The average molecular weight is 381 g/mol. The van der Waals surface area contributed by atoms with Crippen LogP contribution in [0, 0.1) is 0 Å². The second-order valence-electron chi connectivity index (χ2n) is 6.10. The SMILES string of the molecule is O=C1c2ccccc2S(=O)(=O)N1Cc1nc2c(oc3ccccc32)c(=O)[nH]1. The smallest absolute Gasteiger partial charge is 0.294 e. The summed E-state index contributed by atoms with van der Waals surface area (Å²) in [5.74, 6) is -0.589. The zero-order valence-corrected chi connectivity index (χ0v) is 14.5. The number of sulfonamides is 1. The minimum Gasteiger partial charge on any atom is -0.449 e. The number of fused-ring (bicyclic) bond motifs is 4. The maximum atomic E-state index is 12.7. The van der Waals surface area contributed by atoms with Gasteiger partial charge in [-0.3, -0.25) is 9.59 Å². The molecular formula is C18H11N3O5S. The monoisotopic (exact) mass is 381 g/mol. The lowest BCUT2D eigenvalue weighted by Gasteiger charge is -2.14. The Bertz CT molecular complexity index is 1420. The van der Waals surface area contributed by atoms with Gasteiger partial charge in [-0.15, -0.1) is 0 Å². The minimum atomic E-state index is -3.99. The first-order chi connectivity index (χ1) is 13.0. The second kappa shape index (κ2) is 5.27. The number of benzene rings is 2. The number of rotatable bonds is 2. The van der Waals surface area contributed by atoms with Gasteiger partial charge >= 0.3 is 0 Å². The summed E-state index contributed by atoms with van der Waals surface area (Å²) in [5, 5.41) is 0.638. The molecule has 1 amide bonds. The van der Waals surface area contributed by atoms with Gasteiger partial charge in [-0.05, 0) is 24.3 Å². The summed E-state index contributed by atoms with van der Waals surface area (Å²) in [5.41, 5.74) is 0.451. The van der Waals surface area contributed by atoms with Crippen molar-refractivity contribution in [3.8, 4) is 0 Å². The zero-order chi connectivity index (χ0) is 18.8. The number of carbonyl (C=O) groups is 1. The first-order valence-corrected chi connectivity index (χ1v) is 9.47. The number of H-pyrrole nitrogens is 1. The quantitative estimate of drug-likeness (QED) is 0.568. The number of hydrogen-bond acceptors (Lipinski definition) is 6. The predicted octanol–water partition coefficient (Wildman–Crippen LogP) is 2.01. The topological polar surface area (TPSA) is 113 Å². The molecule has 0 spiro atoms. The summed E-state index contributed by atoms with van der Waals surface area (Å²) in [6.07, 6.45) is 0. The number of nitrogens with zero attached hydrogens (tertiary/aromatic N) is 2. The number of carbonyl (C=O) groups excluding carboxylic acids is 1. The molecule has 0 fully saturated rings. The van der Waals surface area contributed by atoms with E-state index >= 15 is 0 Å². The fraction of sp³-hybridized carbons (Fsp3) is 0.0556. The highest BCUT2D eigenvalue weighted by Crippen LogP contribution is 2.31. The third kappa shape index (κ3) is 2.15. The summed E-state index contributed by atoms with van der Waals surface area (Å²) in [4.78, 5) is 31.7. The number of para-hydroxylation sites is 1. The molecule has 1 N–H and O–H groups in total. The van der Waals surface area contributed by atoms with Gasteiger partial charge in [-0.25, -0.2) is 17.7 Å². The Morgan fingerprint density at radius 3 is 2.59 bits per heavy atom. The van der Waals surface area contributed by atoms with Crippen molar-refractivity contribution >= 4 is 38.0 Å². The van der Waals surface area contributed by atoms with Crippen molar-refractivity contribution in [1.29, 1.82) is 0 Å². The zero-order valence-electron chi connectivity index (χ0n) is 13.7. The highest BCUT2D eigenvalue weighted by Gasteiger charge is 2.41. The molecule has 0 atom stereocenters. The molecule has 0 radical (unpaired) electrons. The lowest BCUT2D eigenvalue weighted by molar-refractivity contribution is 0.0862. The highest BCUT2D eigenvalue weighted by atomic mass is 32.2. The third-order valence-corrected chi connectivity index (χ3v) is 6.27. The Balaban J connectivity index is 1.65. The number of aromatic amines is 1. The van der Waals surface area contributed by atoms with E-state index in [1.807, 2.05) is 0 Å². The van der Waals surface area contributed by atoms with Crippen molar-refractivity contribution in [2.45, 2.75) is 11.4 Å². The number of furan rings is 1. The van der Waals surface area contributed by atoms with Gasteiger partial charge in [0.15, 0.2) is 0 Å². The summed E-state index contributed by atoms with van der Waals surface area (Å²) in [6.45, 7) is -0.374. The molecule has 3 heterocycles. The van der Waals surface area contributed by atoms with Crippen LogP contribution in [-0.2, 0) is 16.6 Å². The lowest BCUT2D eigenvalue weighted by Crippen LogP contribution is -2.31. The van der Waals surface area contributed by atoms with Crippen molar-refractivity contribution in [3.05, 3.63) is 70.3 Å². The molecule has 4 aromatic rings. The van der Waals surface area contributed by atoms with Crippen molar-refractivity contribution in [3.63, 3.8) is 0 Å². The van der Waals surface area contributed by atoms with E-state index in [1.54, 1.807) is 36.4 Å². The fourth-order valence-corrected chi connectivity index (χ4v) is 4.78. The molecule has 2 aromatic heterocycles. The Morgan fingerprint density at radius 1 is 1.04 bits per heavy atom. The van der Waals surface area contributed by atoms with Crippen LogP contribution in [0.15, 0.2) is 62.6 Å². The van der Waals surface area contributed by atoms with Gasteiger partial charge in [0.1, 0.15) is 21.8 Å². The van der Waals surface area contributed by atoms with E-state index in [-0.39, 0.29) is 28.4 Å². The Hall–Kier alpha value is -3.46. The van der Waals surface area contributed by atoms with Crippen LogP contribution in [0.5, 0.6) is 0 Å². The molecule has 9 heteroatoms. The van der Waals surface area contributed by atoms with Crippen LogP contribution in [0.3, 0.4) is 0 Å². The maximum Gasteiger partial charge on any atom is 0.294 e. The van der Waals surface area contributed by atoms with Gasteiger partial charge in [-0.2, -0.15) is 0 Å². The van der Waals surface area contributed by atoms with Gasteiger partial charge in [0, 0.05) is 5.39 Å². The molecule has 0 unspecified atom stereocenters. The van der Waals surface area contributed by atoms with Crippen molar-refractivity contribution < 1.29 is 17.6 Å². The van der Waals surface area contributed by atoms with Crippen LogP contribution in [0.25, 0.3) is 22.1 Å². The molecule has 1 aliphatic heterocycles. The average Bonchev–Trinajstić information content (AvgIpc) is 3.12. The molecular weight excluding hydrogens is 370 g/mol. The standard InChI is InChI=1S/C18H11N3O5S/c22-17-16-15(10-5-1-3-7-12(10)26-16)19-14(20-17)9-21-18(23)11-6-2-4-8-13(11)27(21,24)25/h1-8H,9H2,(H,19,20,22). The Kier molecular flexibility index (Phi) is 3.08. The molecule has 2 aromatic carbocycles. The number of aromatic nitrogens is 2. The first-order valence-electron chi connectivity index (χ1n) is 8.03. The molecule has 1 aliphatic rings. The van der Waals surface area contributed by atoms with Crippen molar-refractivity contribution in [1.82, 2.24) is 14.3 Å². The minimum absolute atomic E-state index is 0.0489. The van der Waals surface area contributed by atoms with Gasteiger partial charge in [0.2, 0.25) is 5.58 Å². The van der Waals surface area contributed by atoms with E-state index in [0.717, 1.165) is 0 Å². The largest absolute Gasteiger partial charge is 0.449 e. The van der Waals surface area contributed by atoms with Crippen LogP contribution in [0.4, 0.5) is 0 Å². The Labute approximate surface area is 152 Å². The lowest BCUT2D eigenvalue weighted by atomic mass is 10.2. The predicted molar refractivity (Wildman–Crippen MR) is 95.6 cm³/mol. The molecule has 134 valence electrons. The summed E-state index contributed by atoms with van der Waals surface area (Å²) in [6, 6.07) is 13.0. The van der Waals surface area contributed by atoms with Gasteiger partial charge in [0.05, 0.1) is 12.1 Å². The molecule has 5 rings (SSSR count). The van der Waals surface area contributed by atoms with Crippen LogP contribution in [-0.4, -0.2) is 28.6 Å². The van der Waals surface area contributed by atoms with Crippen LogP contribution < -0.4 is 5.56 Å². The van der Waals surface area contributed by atoms with Crippen LogP contribution in [0.2, 0.25) is 0 Å². The summed E-state index contributed by atoms with van der Waals surface area (Å²) >= 11 is 0. The van der Waals surface area contributed by atoms with Gasteiger partial charge in [-0.1, -0.05) is 24.3 Å². The van der Waals surface area contributed by atoms with E-state index < -0.39 is 21.5 Å². The van der Waals surface area contributed by atoms with E-state index in [4.69, 9.17) is 4.42 Å². The molecule has 8 nitrogen and oxygen atoms in total. The molecule has 0 saturated heterocycles. The van der Waals surface area contributed by atoms with Crippen molar-refractivity contribution in [2.75, 3.05) is 0 Å². The van der Waals surface area contributed by atoms with E-state index in [0.29, 0.717) is 20.8 Å². The fourth-order valence-electron chi connectivity index (χ4n) is 3.25. The molecule has 0 bridgehead atoms. The molecule has 0 aliphatic carbocycles. The van der Waals surface area contributed by atoms with E-state index in [9.17, 15) is 18.0 Å². The van der Waals surface area contributed by atoms with E-state index in [1.165, 1.54) is 12.1 Å².